The van der Waals surface area contributed by atoms with Gasteiger partial charge in [0.15, 0.2) is 12.4 Å². The van der Waals surface area contributed by atoms with Gasteiger partial charge in [-0.3, -0.25) is 9.59 Å². The summed E-state index contributed by atoms with van der Waals surface area (Å²) in [4.78, 5) is 38.1. The molecule has 0 unspecified atom stereocenters. The first-order chi connectivity index (χ1) is 13.4. The maximum absolute atomic E-state index is 12.3. The van der Waals surface area contributed by atoms with Gasteiger partial charge in [0.1, 0.15) is 5.56 Å². The zero-order chi connectivity index (χ0) is 20.3. The van der Waals surface area contributed by atoms with Gasteiger partial charge < -0.3 is 19.5 Å². The lowest BCUT2D eigenvalue weighted by Gasteiger charge is -2.16. The van der Waals surface area contributed by atoms with Gasteiger partial charge in [0, 0.05) is 30.3 Å². The molecular weight excluding hydrogens is 362 g/mol. The highest BCUT2D eigenvalue weighted by molar-refractivity contribution is 5.98. The van der Waals surface area contributed by atoms with E-state index in [1.165, 1.54) is 0 Å². The van der Waals surface area contributed by atoms with Crippen LogP contribution in [0.15, 0.2) is 28.8 Å². The van der Waals surface area contributed by atoms with E-state index >= 15 is 0 Å². The van der Waals surface area contributed by atoms with Crippen LogP contribution in [0.5, 0.6) is 0 Å². The third-order valence-corrected chi connectivity index (χ3v) is 4.47. The van der Waals surface area contributed by atoms with E-state index in [1.54, 1.807) is 30.0 Å². The highest BCUT2D eigenvalue weighted by Gasteiger charge is 2.25. The Hall–Kier alpha value is -3.16. The van der Waals surface area contributed by atoms with Crippen molar-refractivity contribution in [3.05, 3.63) is 41.3 Å². The van der Waals surface area contributed by atoms with Crippen LogP contribution in [0.3, 0.4) is 0 Å². The summed E-state index contributed by atoms with van der Waals surface area (Å²) < 4.78 is 10.3. The van der Waals surface area contributed by atoms with E-state index in [0.29, 0.717) is 30.1 Å². The van der Waals surface area contributed by atoms with Crippen molar-refractivity contribution in [2.24, 2.45) is 0 Å². The Bertz CT molecular complexity index is 903. The first-order valence-electron chi connectivity index (χ1n) is 9.20. The molecule has 2 aromatic rings. The molecule has 1 aliphatic rings. The molecule has 8 heteroatoms. The number of hydrogen-bond donors (Lipinski definition) is 1. The minimum Gasteiger partial charge on any atom is -0.452 e. The van der Waals surface area contributed by atoms with E-state index in [-0.39, 0.29) is 17.4 Å². The van der Waals surface area contributed by atoms with Gasteiger partial charge in [-0.1, -0.05) is 25.1 Å². The number of rotatable bonds is 6. The first kappa shape index (κ1) is 19.6. The predicted octanol–water partition coefficient (Wildman–Crippen LogP) is 3.03. The van der Waals surface area contributed by atoms with E-state index in [0.717, 1.165) is 12.1 Å². The zero-order valence-corrected chi connectivity index (χ0v) is 16.2. The molecule has 1 saturated heterocycles. The third-order valence-electron chi connectivity index (χ3n) is 4.47. The number of anilines is 2. The summed E-state index contributed by atoms with van der Waals surface area (Å²) >= 11 is 0. The van der Waals surface area contributed by atoms with Crippen LogP contribution < -0.4 is 10.2 Å². The van der Waals surface area contributed by atoms with Crippen molar-refractivity contribution < 1.29 is 23.6 Å². The SMILES string of the molecule is Cc1noc(C(C)C)c1C(=O)OCC(=O)Nc1cccc(N2CCCC2=O)c1. The highest BCUT2D eigenvalue weighted by atomic mass is 16.5. The van der Waals surface area contributed by atoms with E-state index in [4.69, 9.17) is 9.26 Å². The molecule has 1 fully saturated rings. The molecule has 1 aliphatic heterocycles. The van der Waals surface area contributed by atoms with E-state index < -0.39 is 18.5 Å². The fourth-order valence-corrected chi connectivity index (χ4v) is 3.10. The lowest BCUT2D eigenvalue weighted by Crippen LogP contribution is -2.24. The molecule has 0 spiro atoms. The average Bonchev–Trinajstić information content (AvgIpc) is 3.25. The van der Waals surface area contributed by atoms with Crippen molar-refractivity contribution in [3.63, 3.8) is 0 Å². The van der Waals surface area contributed by atoms with E-state index in [2.05, 4.69) is 10.5 Å². The molecule has 0 atom stereocenters. The second kappa shape index (κ2) is 8.24. The van der Waals surface area contributed by atoms with Crippen LogP contribution in [-0.2, 0) is 14.3 Å². The number of amides is 2. The Balaban J connectivity index is 1.60. The summed E-state index contributed by atoms with van der Waals surface area (Å²) in [5.41, 5.74) is 1.95. The number of carbonyl (C=O) groups is 3. The molecular formula is C20H23N3O5. The Morgan fingerprint density at radius 1 is 1.36 bits per heavy atom. The molecule has 0 saturated carbocycles. The molecule has 1 N–H and O–H groups in total. The molecule has 148 valence electrons. The molecule has 8 nitrogen and oxygen atoms in total. The van der Waals surface area contributed by atoms with Crippen molar-refractivity contribution in [1.29, 1.82) is 0 Å². The molecule has 1 aromatic carbocycles. The molecule has 0 radical (unpaired) electrons. The number of hydrogen-bond acceptors (Lipinski definition) is 6. The number of ether oxygens (including phenoxy) is 1. The van der Waals surface area contributed by atoms with Crippen molar-refractivity contribution in [2.75, 3.05) is 23.4 Å². The third kappa shape index (κ3) is 4.21. The number of carbonyl (C=O) groups excluding carboxylic acids is 3. The fraction of sp³-hybridized carbons (Fsp3) is 0.400. The van der Waals surface area contributed by atoms with E-state index in [9.17, 15) is 14.4 Å². The van der Waals surface area contributed by atoms with Gasteiger partial charge in [0.25, 0.3) is 5.91 Å². The summed E-state index contributed by atoms with van der Waals surface area (Å²) in [6.45, 7) is 5.64. The first-order valence-corrected chi connectivity index (χ1v) is 9.20. The van der Waals surface area contributed by atoms with Crippen LogP contribution in [0.2, 0.25) is 0 Å². The number of benzene rings is 1. The topological polar surface area (TPSA) is 102 Å². The molecule has 0 bridgehead atoms. The summed E-state index contributed by atoms with van der Waals surface area (Å²) in [5, 5.41) is 6.48. The molecule has 0 aliphatic carbocycles. The zero-order valence-electron chi connectivity index (χ0n) is 16.2. The summed E-state index contributed by atoms with van der Waals surface area (Å²) in [6, 6.07) is 7.02. The standard InChI is InChI=1S/C20H23N3O5/c1-12(2)19-18(13(3)22-28-19)20(26)27-11-16(24)21-14-6-4-7-15(10-14)23-9-5-8-17(23)25/h4,6-7,10,12H,5,8-9,11H2,1-3H3,(H,21,24). The second-order valence-corrected chi connectivity index (χ2v) is 6.99. The molecule has 1 aromatic heterocycles. The fourth-order valence-electron chi connectivity index (χ4n) is 3.10. The van der Waals surface area contributed by atoms with Crippen molar-refractivity contribution >= 4 is 29.2 Å². The average molecular weight is 385 g/mol. The number of esters is 1. The Morgan fingerprint density at radius 3 is 2.82 bits per heavy atom. The minimum atomic E-state index is -0.644. The van der Waals surface area contributed by atoms with Crippen LogP contribution in [0, 0.1) is 6.92 Å². The molecule has 2 heterocycles. The van der Waals surface area contributed by atoms with Crippen LogP contribution in [0.1, 0.15) is 54.4 Å². The van der Waals surface area contributed by atoms with Gasteiger partial charge >= 0.3 is 5.97 Å². The number of aryl methyl sites for hydroxylation is 1. The Morgan fingerprint density at radius 2 is 2.14 bits per heavy atom. The van der Waals surface area contributed by atoms with Gasteiger partial charge in [-0.2, -0.15) is 0 Å². The van der Waals surface area contributed by atoms with Crippen LogP contribution in [0.4, 0.5) is 11.4 Å². The highest BCUT2D eigenvalue weighted by Crippen LogP contribution is 2.25. The quantitative estimate of drug-likeness (QED) is 0.767. The van der Waals surface area contributed by atoms with Gasteiger partial charge in [-0.15, -0.1) is 0 Å². The van der Waals surface area contributed by atoms with Crippen molar-refractivity contribution in [2.45, 2.75) is 39.5 Å². The largest absolute Gasteiger partial charge is 0.452 e. The maximum atomic E-state index is 12.3. The lowest BCUT2D eigenvalue weighted by molar-refractivity contribution is -0.119. The number of nitrogens with one attached hydrogen (secondary N) is 1. The minimum absolute atomic E-state index is 0.0337. The van der Waals surface area contributed by atoms with E-state index in [1.807, 2.05) is 19.9 Å². The van der Waals surface area contributed by atoms with Gasteiger partial charge in [-0.05, 0) is 31.5 Å². The number of aromatic nitrogens is 1. The Labute approximate surface area is 162 Å². The number of nitrogens with zero attached hydrogens (tertiary/aromatic N) is 2. The summed E-state index contributed by atoms with van der Waals surface area (Å²) in [5.74, 6) is -0.644. The second-order valence-electron chi connectivity index (χ2n) is 6.99. The van der Waals surface area contributed by atoms with Gasteiger partial charge in [-0.25, -0.2) is 4.79 Å². The molecule has 28 heavy (non-hydrogen) atoms. The van der Waals surface area contributed by atoms with Crippen molar-refractivity contribution in [3.8, 4) is 0 Å². The normalized spacial score (nSPS) is 13.9. The van der Waals surface area contributed by atoms with Crippen LogP contribution >= 0.6 is 0 Å². The summed E-state index contributed by atoms with van der Waals surface area (Å²) in [7, 11) is 0. The predicted molar refractivity (Wildman–Crippen MR) is 102 cm³/mol. The maximum Gasteiger partial charge on any atom is 0.344 e. The van der Waals surface area contributed by atoms with Gasteiger partial charge in [0.2, 0.25) is 5.91 Å². The summed E-state index contributed by atoms with van der Waals surface area (Å²) in [6.07, 6.45) is 1.36. The molecule has 2 amide bonds. The van der Waals surface area contributed by atoms with Crippen LogP contribution in [0.25, 0.3) is 0 Å². The van der Waals surface area contributed by atoms with Gasteiger partial charge in [0.05, 0.1) is 5.69 Å². The molecule has 3 rings (SSSR count). The Kier molecular flexibility index (Phi) is 5.77. The monoisotopic (exact) mass is 385 g/mol. The van der Waals surface area contributed by atoms with Crippen molar-refractivity contribution in [1.82, 2.24) is 5.16 Å². The smallest absolute Gasteiger partial charge is 0.344 e. The lowest BCUT2D eigenvalue weighted by atomic mass is 10.1. The van der Waals surface area contributed by atoms with Crippen LogP contribution in [-0.4, -0.2) is 36.1 Å².